The third-order valence-electron chi connectivity index (χ3n) is 2.53. The predicted molar refractivity (Wildman–Crippen MR) is 64.6 cm³/mol. The monoisotopic (exact) mass is 285 g/mol. The lowest BCUT2D eigenvalue weighted by molar-refractivity contribution is -0.286. The Morgan fingerprint density at radius 3 is 2.50 bits per heavy atom. The molecule has 1 unspecified atom stereocenters. The van der Waals surface area contributed by atoms with E-state index in [0.717, 1.165) is 0 Å². The Morgan fingerprint density at radius 2 is 2.00 bits per heavy atom. The topological polar surface area (TPSA) is 79.6 Å². The number of fused-ring (bicyclic) bond motifs is 1. The lowest BCUT2D eigenvalue weighted by Crippen LogP contribution is -2.25. The number of carboxylic acid groups (broad SMARTS) is 1. The first-order valence-corrected chi connectivity index (χ1v) is 5.78. The van der Waals surface area contributed by atoms with Crippen molar-refractivity contribution >= 4 is 5.97 Å². The second-order valence-electron chi connectivity index (χ2n) is 3.90. The van der Waals surface area contributed by atoms with Gasteiger partial charge in [0.25, 0.3) is 0 Å². The van der Waals surface area contributed by atoms with Crippen LogP contribution in [0.2, 0.25) is 0 Å². The molecule has 7 heteroatoms. The van der Waals surface area contributed by atoms with E-state index < -0.39 is 18.2 Å². The van der Waals surface area contributed by atoms with Crippen LogP contribution < -0.4 is 9.47 Å². The van der Waals surface area contributed by atoms with Gasteiger partial charge in [0.2, 0.25) is 0 Å². The summed E-state index contributed by atoms with van der Waals surface area (Å²) in [4.78, 5) is 10.9. The minimum Gasteiger partial charge on any atom is -0.481 e. The van der Waals surface area contributed by atoms with Crippen molar-refractivity contribution < 1.29 is 28.2 Å². The van der Waals surface area contributed by atoms with E-state index in [-0.39, 0.29) is 11.5 Å². The van der Waals surface area contributed by atoms with Crippen molar-refractivity contribution in [1.29, 1.82) is 5.26 Å². The van der Waals surface area contributed by atoms with E-state index in [1.54, 1.807) is 13.0 Å². The maximum atomic E-state index is 12.7. The fraction of sp³-hybridized carbons (Fsp3) is 0.385. The smallest absolute Gasteiger partial charge is 0.481 e. The van der Waals surface area contributed by atoms with Gasteiger partial charge in [-0.25, -0.2) is 0 Å². The zero-order valence-corrected chi connectivity index (χ0v) is 10.9. The SMILES string of the molecule is CC#N.CCC(C(=O)O)c1ccc2c(c1)OC(F)(F)O2. The van der Waals surface area contributed by atoms with E-state index in [9.17, 15) is 13.6 Å². The molecule has 0 saturated carbocycles. The highest BCUT2D eigenvalue weighted by Crippen LogP contribution is 2.42. The van der Waals surface area contributed by atoms with Crippen LogP contribution in [0.5, 0.6) is 11.5 Å². The number of nitrogens with zero attached hydrogens (tertiary/aromatic N) is 1. The molecule has 1 atom stereocenters. The number of ether oxygens (including phenoxy) is 2. The van der Waals surface area contributed by atoms with Crippen molar-refractivity contribution in [2.24, 2.45) is 0 Å². The number of benzene rings is 1. The van der Waals surface area contributed by atoms with Crippen molar-refractivity contribution in [2.45, 2.75) is 32.5 Å². The molecule has 1 aliphatic rings. The van der Waals surface area contributed by atoms with Crippen LogP contribution in [0.25, 0.3) is 0 Å². The van der Waals surface area contributed by atoms with E-state index in [4.69, 9.17) is 10.4 Å². The van der Waals surface area contributed by atoms with Gasteiger partial charge >= 0.3 is 12.3 Å². The van der Waals surface area contributed by atoms with Gasteiger partial charge in [-0.3, -0.25) is 4.79 Å². The van der Waals surface area contributed by atoms with Gasteiger partial charge in [-0.1, -0.05) is 13.0 Å². The van der Waals surface area contributed by atoms with Crippen LogP contribution in [0, 0.1) is 11.3 Å². The molecule has 1 aromatic carbocycles. The molecule has 0 radical (unpaired) electrons. The summed E-state index contributed by atoms with van der Waals surface area (Å²) in [6, 6.07) is 5.77. The van der Waals surface area contributed by atoms with Crippen molar-refractivity contribution in [2.75, 3.05) is 0 Å². The summed E-state index contributed by atoms with van der Waals surface area (Å²) in [5, 5.41) is 16.3. The van der Waals surface area contributed by atoms with Crippen LogP contribution in [-0.2, 0) is 4.79 Å². The van der Waals surface area contributed by atoms with Crippen LogP contribution in [0.1, 0.15) is 31.7 Å². The summed E-state index contributed by atoms with van der Waals surface area (Å²) in [5.74, 6) is -1.96. The Hall–Kier alpha value is -2.36. The van der Waals surface area contributed by atoms with Crippen LogP contribution >= 0.6 is 0 Å². The highest BCUT2D eigenvalue weighted by atomic mass is 19.3. The molecule has 0 amide bonds. The first-order chi connectivity index (χ1) is 9.34. The zero-order chi connectivity index (χ0) is 15.3. The van der Waals surface area contributed by atoms with Crippen molar-refractivity contribution in [3.8, 4) is 17.6 Å². The molecule has 1 N–H and O–H groups in total. The second kappa shape index (κ2) is 6.19. The van der Waals surface area contributed by atoms with E-state index in [1.807, 2.05) is 0 Å². The van der Waals surface area contributed by atoms with E-state index in [2.05, 4.69) is 9.47 Å². The number of carbonyl (C=O) groups is 1. The van der Waals surface area contributed by atoms with Crippen LogP contribution in [0.4, 0.5) is 8.78 Å². The van der Waals surface area contributed by atoms with Gasteiger partial charge < -0.3 is 14.6 Å². The van der Waals surface area contributed by atoms with Gasteiger partial charge in [-0.05, 0) is 24.1 Å². The van der Waals surface area contributed by atoms with Gasteiger partial charge in [0.1, 0.15) is 0 Å². The second-order valence-corrected chi connectivity index (χ2v) is 3.90. The van der Waals surface area contributed by atoms with Gasteiger partial charge in [0.05, 0.1) is 12.0 Å². The average molecular weight is 285 g/mol. The number of hydrogen-bond acceptors (Lipinski definition) is 4. The van der Waals surface area contributed by atoms with Crippen molar-refractivity contribution in [1.82, 2.24) is 0 Å². The standard InChI is InChI=1S/C11H10F2O4.C2H3N/c1-2-7(10(14)15)6-3-4-8-9(5-6)17-11(12,13)16-8;1-2-3/h3-5,7H,2H2,1H3,(H,14,15);1H3. The van der Waals surface area contributed by atoms with Gasteiger partial charge in [-0.2, -0.15) is 5.26 Å². The normalized spacial score (nSPS) is 15.6. The number of alkyl halides is 2. The molecule has 0 aromatic heterocycles. The molecule has 2 rings (SSSR count). The molecule has 0 spiro atoms. The number of nitriles is 1. The summed E-state index contributed by atoms with van der Waals surface area (Å²) in [7, 11) is 0. The lowest BCUT2D eigenvalue weighted by Gasteiger charge is -2.10. The van der Waals surface area contributed by atoms with Gasteiger partial charge in [0.15, 0.2) is 11.5 Å². The van der Waals surface area contributed by atoms with Crippen molar-refractivity contribution in [3.05, 3.63) is 23.8 Å². The molecule has 0 fully saturated rings. The fourth-order valence-corrected chi connectivity index (χ4v) is 1.74. The molecular weight excluding hydrogens is 272 g/mol. The van der Waals surface area contributed by atoms with Crippen LogP contribution in [0.15, 0.2) is 18.2 Å². The molecule has 0 bridgehead atoms. The fourth-order valence-electron chi connectivity index (χ4n) is 1.74. The zero-order valence-electron chi connectivity index (χ0n) is 10.9. The highest BCUT2D eigenvalue weighted by Gasteiger charge is 2.43. The maximum Gasteiger partial charge on any atom is 0.586 e. The number of carboxylic acids is 1. The highest BCUT2D eigenvalue weighted by molar-refractivity contribution is 5.76. The predicted octanol–water partition coefficient (Wildman–Crippen LogP) is 3.12. The molecule has 108 valence electrons. The van der Waals surface area contributed by atoms with Crippen LogP contribution in [-0.4, -0.2) is 17.4 Å². The Labute approximate surface area is 114 Å². The molecule has 1 heterocycles. The van der Waals surface area contributed by atoms with Crippen molar-refractivity contribution in [3.63, 3.8) is 0 Å². The van der Waals surface area contributed by atoms with E-state index >= 15 is 0 Å². The third kappa shape index (κ3) is 3.57. The van der Waals surface area contributed by atoms with Gasteiger partial charge in [-0.15, -0.1) is 8.78 Å². The first-order valence-electron chi connectivity index (χ1n) is 5.78. The summed E-state index contributed by atoms with van der Waals surface area (Å²) in [6.07, 6.45) is -3.31. The summed E-state index contributed by atoms with van der Waals surface area (Å²) in [6.45, 7) is 3.14. The molecule has 1 aliphatic heterocycles. The molecule has 0 saturated heterocycles. The van der Waals surface area contributed by atoms with E-state index in [1.165, 1.54) is 25.1 Å². The number of halogens is 2. The Kier molecular flexibility index (Phi) is 4.86. The third-order valence-corrected chi connectivity index (χ3v) is 2.53. The Morgan fingerprint density at radius 1 is 1.45 bits per heavy atom. The number of hydrogen-bond donors (Lipinski definition) is 1. The number of aliphatic carboxylic acids is 1. The molecule has 1 aromatic rings. The summed E-state index contributed by atoms with van der Waals surface area (Å²) >= 11 is 0. The number of rotatable bonds is 3. The lowest BCUT2D eigenvalue weighted by atomic mass is 9.96. The molecule has 0 aliphatic carbocycles. The maximum absolute atomic E-state index is 12.7. The Bertz CT molecular complexity index is 540. The van der Waals surface area contributed by atoms with Gasteiger partial charge in [0, 0.05) is 6.92 Å². The minimum atomic E-state index is -3.67. The quantitative estimate of drug-likeness (QED) is 0.923. The first kappa shape index (κ1) is 15.7. The Balaban J connectivity index is 0.000000612. The van der Waals surface area contributed by atoms with E-state index in [0.29, 0.717) is 12.0 Å². The summed E-state index contributed by atoms with van der Waals surface area (Å²) < 4.78 is 34.0. The molecule has 5 nitrogen and oxygen atoms in total. The molecular formula is C13H13F2NO4. The molecule has 20 heavy (non-hydrogen) atoms. The van der Waals surface area contributed by atoms with Crippen LogP contribution in [0.3, 0.4) is 0 Å². The minimum absolute atomic E-state index is 0.0843. The summed E-state index contributed by atoms with van der Waals surface area (Å²) in [5.41, 5.74) is 0.417. The average Bonchev–Trinajstić information content (AvgIpc) is 2.63. The largest absolute Gasteiger partial charge is 0.586 e.